The lowest BCUT2D eigenvalue weighted by Gasteiger charge is -2.30. The van der Waals surface area contributed by atoms with Crippen molar-refractivity contribution in [2.24, 2.45) is 5.41 Å². The molecule has 2 rings (SSSR count). The third-order valence-electron chi connectivity index (χ3n) is 4.24. The van der Waals surface area contributed by atoms with E-state index in [0.717, 1.165) is 13.1 Å². The Kier molecular flexibility index (Phi) is 6.52. The Morgan fingerprint density at radius 1 is 1.25 bits per heavy atom. The van der Waals surface area contributed by atoms with Crippen LogP contribution < -0.4 is 5.32 Å². The molecule has 1 amide bonds. The number of Topliss-reactive ketones (excluding diaryl/α,β-unsaturated/α-hetero) is 1. The second-order valence-corrected chi connectivity index (χ2v) is 7.37. The normalized spacial score (nSPS) is 19.0. The number of nitrogens with zero attached hydrogens (tertiary/aromatic N) is 1. The molecule has 1 N–H and O–H groups in total. The van der Waals surface area contributed by atoms with E-state index in [2.05, 4.69) is 17.3 Å². The van der Waals surface area contributed by atoms with Crippen molar-refractivity contribution in [3.8, 4) is 0 Å². The van der Waals surface area contributed by atoms with Gasteiger partial charge in [-0.2, -0.15) is 0 Å². The Hall–Kier alpha value is -1.72. The number of likely N-dealkylation sites (N-methyl/N-ethyl adjacent to an activating group) is 1. The lowest BCUT2D eigenvalue weighted by Crippen LogP contribution is -2.46. The molecule has 0 spiro atoms. The first kappa shape index (κ1) is 18.6. The summed E-state index contributed by atoms with van der Waals surface area (Å²) in [4.78, 5) is 26.7. The highest BCUT2D eigenvalue weighted by Crippen LogP contribution is 2.27. The first-order valence-electron chi connectivity index (χ1n) is 8.51. The summed E-state index contributed by atoms with van der Waals surface area (Å²) in [7, 11) is 2.05. The van der Waals surface area contributed by atoms with Gasteiger partial charge < -0.3 is 15.0 Å². The largest absolute Gasteiger partial charge is 0.374 e. The first-order chi connectivity index (χ1) is 11.4. The van der Waals surface area contributed by atoms with Crippen LogP contribution in [0.15, 0.2) is 30.3 Å². The molecule has 1 heterocycles. The predicted octanol–water partition coefficient (Wildman–Crippen LogP) is 2.12. The lowest BCUT2D eigenvalue weighted by molar-refractivity contribution is -0.124. The molecule has 1 aliphatic rings. The number of hydrogen-bond donors (Lipinski definition) is 1. The number of benzene rings is 1. The zero-order chi connectivity index (χ0) is 17.6. The molecule has 1 aromatic rings. The standard InChI is InChI=1S/C19H28N2O3/c1-19(2,11-17(22)15-7-5-4-6-8-15)12-18(23)20-13-16-14-21(3)9-10-24-16/h4-8,16H,9-14H2,1-3H3,(H,20,23)/t16-/m1/s1. The number of rotatable bonds is 7. The predicted molar refractivity (Wildman–Crippen MR) is 94.0 cm³/mol. The summed E-state index contributed by atoms with van der Waals surface area (Å²) in [5, 5.41) is 2.94. The quantitative estimate of drug-likeness (QED) is 0.777. The Morgan fingerprint density at radius 3 is 2.62 bits per heavy atom. The van der Waals surface area contributed by atoms with Crippen LogP contribution in [-0.2, 0) is 9.53 Å². The Morgan fingerprint density at radius 2 is 1.96 bits per heavy atom. The maximum Gasteiger partial charge on any atom is 0.220 e. The van der Waals surface area contributed by atoms with E-state index in [1.54, 1.807) is 0 Å². The number of nitrogens with one attached hydrogen (secondary N) is 1. The summed E-state index contributed by atoms with van der Waals surface area (Å²) in [5.74, 6) is 0.0447. The molecule has 0 aliphatic carbocycles. The Bertz CT molecular complexity index is 557. The highest BCUT2D eigenvalue weighted by Gasteiger charge is 2.26. The Balaban J connectivity index is 1.78. The van der Waals surface area contributed by atoms with Gasteiger partial charge in [0.2, 0.25) is 5.91 Å². The van der Waals surface area contributed by atoms with E-state index in [-0.39, 0.29) is 23.2 Å². The van der Waals surface area contributed by atoms with Gasteiger partial charge in [0.25, 0.3) is 0 Å². The number of carbonyl (C=O) groups is 2. The zero-order valence-electron chi connectivity index (χ0n) is 14.9. The highest BCUT2D eigenvalue weighted by molar-refractivity contribution is 5.96. The van der Waals surface area contributed by atoms with Crippen LogP contribution in [0.5, 0.6) is 0 Å². The zero-order valence-corrected chi connectivity index (χ0v) is 14.9. The fourth-order valence-corrected chi connectivity index (χ4v) is 2.94. The molecule has 0 aromatic heterocycles. The third-order valence-corrected chi connectivity index (χ3v) is 4.24. The molecule has 0 unspecified atom stereocenters. The molecule has 1 aliphatic heterocycles. The molecule has 0 bridgehead atoms. The van der Waals surface area contributed by atoms with Crippen molar-refractivity contribution in [2.45, 2.75) is 32.8 Å². The maximum absolute atomic E-state index is 12.3. The average molecular weight is 332 g/mol. The van der Waals surface area contributed by atoms with E-state index in [1.807, 2.05) is 44.2 Å². The van der Waals surface area contributed by atoms with E-state index in [9.17, 15) is 9.59 Å². The molecule has 1 aromatic carbocycles. The second kappa shape index (κ2) is 8.40. The van der Waals surface area contributed by atoms with Gasteiger partial charge in [-0.3, -0.25) is 9.59 Å². The van der Waals surface area contributed by atoms with Gasteiger partial charge in [-0.25, -0.2) is 0 Å². The van der Waals surface area contributed by atoms with Crippen molar-refractivity contribution in [2.75, 3.05) is 33.3 Å². The fourth-order valence-electron chi connectivity index (χ4n) is 2.94. The molecule has 24 heavy (non-hydrogen) atoms. The number of ether oxygens (including phenoxy) is 1. The van der Waals surface area contributed by atoms with Crippen LogP contribution in [0.3, 0.4) is 0 Å². The summed E-state index contributed by atoms with van der Waals surface area (Å²) >= 11 is 0. The van der Waals surface area contributed by atoms with Crippen molar-refractivity contribution < 1.29 is 14.3 Å². The summed E-state index contributed by atoms with van der Waals surface area (Å²) in [5.41, 5.74) is 0.325. The molecular weight excluding hydrogens is 304 g/mol. The van der Waals surface area contributed by atoms with Gasteiger partial charge in [0.05, 0.1) is 12.7 Å². The van der Waals surface area contributed by atoms with E-state index in [1.165, 1.54) is 0 Å². The van der Waals surface area contributed by atoms with Crippen LogP contribution in [0, 0.1) is 5.41 Å². The SMILES string of the molecule is CN1CCO[C@H](CNC(=O)CC(C)(C)CC(=O)c2ccccc2)C1. The van der Waals surface area contributed by atoms with E-state index < -0.39 is 0 Å². The molecular formula is C19H28N2O3. The molecule has 1 fully saturated rings. The lowest BCUT2D eigenvalue weighted by atomic mass is 9.82. The van der Waals surface area contributed by atoms with Crippen molar-refractivity contribution in [3.05, 3.63) is 35.9 Å². The molecule has 132 valence electrons. The van der Waals surface area contributed by atoms with Gasteiger partial charge >= 0.3 is 0 Å². The number of amides is 1. The molecule has 1 saturated heterocycles. The topological polar surface area (TPSA) is 58.6 Å². The molecule has 0 radical (unpaired) electrons. The van der Waals surface area contributed by atoms with Gasteiger partial charge in [-0.05, 0) is 12.5 Å². The first-order valence-corrected chi connectivity index (χ1v) is 8.51. The van der Waals surface area contributed by atoms with E-state index in [0.29, 0.717) is 31.6 Å². The van der Waals surface area contributed by atoms with Gasteiger partial charge in [0.1, 0.15) is 0 Å². The van der Waals surface area contributed by atoms with Gasteiger partial charge in [-0.15, -0.1) is 0 Å². The summed E-state index contributed by atoms with van der Waals surface area (Å²) in [6.45, 7) is 6.89. The van der Waals surface area contributed by atoms with Crippen LogP contribution in [0.2, 0.25) is 0 Å². The van der Waals surface area contributed by atoms with Crippen LogP contribution >= 0.6 is 0 Å². The average Bonchev–Trinajstić information content (AvgIpc) is 2.53. The smallest absolute Gasteiger partial charge is 0.220 e. The van der Waals surface area contributed by atoms with Crippen LogP contribution in [-0.4, -0.2) is 56.0 Å². The van der Waals surface area contributed by atoms with Gasteiger partial charge in [0.15, 0.2) is 5.78 Å². The third kappa shape index (κ3) is 6.06. The van der Waals surface area contributed by atoms with Gasteiger partial charge in [0, 0.05) is 38.0 Å². The number of carbonyl (C=O) groups excluding carboxylic acids is 2. The van der Waals surface area contributed by atoms with Crippen molar-refractivity contribution in [1.29, 1.82) is 0 Å². The minimum atomic E-state index is -0.374. The molecule has 5 heteroatoms. The minimum Gasteiger partial charge on any atom is -0.374 e. The number of hydrogen-bond acceptors (Lipinski definition) is 4. The monoisotopic (exact) mass is 332 g/mol. The fraction of sp³-hybridized carbons (Fsp3) is 0.579. The summed E-state index contributed by atoms with van der Waals surface area (Å²) in [6.07, 6.45) is 0.725. The van der Waals surface area contributed by atoms with Crippen LogP contribution in [0.25, 0.3) is 0 Å². The van der Waals surface area contributed by atoms with Crippen molar-refractivity contribution in [3.63, 3.8) is 0 Å². The minimum absolute atomic E-state index is 0.0299. The highest BCUT2D eigenvalue weighted by atomic mass is 16.5. The van der Waals surface area contributed by atoms with E-state index in [4.69, 9.17) is 4.74 Å². The summed E-state index contributed by atoms with van der Waals surface area (Å²) < 4.78 is 5.64. The molecule has 0 saturated carbocycles. The Labute approximate surface area is 144 Å². The second-order valence-electron chi connectivity index (χ2n) is 7.37. The number of morpholine rings is 1. The van der Waals surface area contributed by atoms with Crippen molar-refractivity contribution in [1.82, 2.24) is 10.2 Å². The van der Waals surface area contributed by atoms with Crippen LogP contribution in [0.1, 0.15) is 37.0 Å². The number of ketones is 1. The molecule has 5 nitrogen and oxygen atoms in total. The van der Waals surface area contributed by atoms with E-state index >= 15 is 0 Å². The van der Waals surface area contributed by atoms with Crippen molar-refractivity contribution >= 4 is 11.7 Å². The van der Waals surface area contributed by atoms with Gasteiger partial charge in [-0.1, -0.05) is 44.2 Å². The molecule has 1 atom stereocenters. The summed E-state index contributed by atoms with van der Waals surface area (Å²) in [6, 6.07) is 9.23. The maximum atomic E-state index is 12.3. The van der Waals surface area contributed by atoms with Crippen LogP contribution in [0.4, 0.5) is 0 Å².